The van der Waals surface area contributed by atoms with E-state index in [1.807, 2.05) is 0 Å². The van der Waals surface area contributed by atoms with Gasteiger partial charge in [-0.3, -0.25) is 14.6 Å². The van der Waals surface area contributed by atoms with Gasteiger partial charge in [0, 0.05) is 32.0 Å². The minimum absolute atomic E-state index is 0.00116. The smallest absolute Gasteiger partial charge is 0.475 e. The molecule has 1 aromatic heterocycles. The third-order valence-corrected chi connectivity index (χ3v) is 4.33. The summed E-state index contributed by atoms with van der Waals surface area (Å²) in [6.07, 6.45) is 3.93. The van der Waals surface area contributed by atoms with E-state index in [1.54, 1.807) is 0 Å². The largest absolute Gasteiger partial charge is 0.493 e. The summed E-state index contributed by atoms with van der Waals surface area (Å²) < 4.78 is 23.8. The Morgan fingerprint density at radius 2 is 2.06 bits per heavy atom. The van der Waals surface area contributed by atoms with Gasteiger partial charge in [0.1, 0.15) is 23.3 Å². The second-order valence-electron chi connectivity index (χ2n) is 6.31. The monoisotopic (exact) mass is 454 g/mol. The standard InChI is InChI=1S/C18H21BClFN4O6/c1-30-10-15(24-17(26)14-9-22-5-6-23-14)18(27)25-16(19(28)29)4-7-31-11-2-3-12(20)13(21)8-11/h2-3,5-6,8-9,15-16,28-29H,4,7,10H2,1H3,(H,24,26)(H,25,27). The molecule has 2 unspecified atom stereocenters. The summed E-state index contributed by atoms with van der Waals surface area (Å²) in [7, 11) is -0.569. The molecule has 0 saturated heterocycles. The number of hydrogen-bond donors (Lipinski definition) is 4. The van der Waals surface area contributed by atoms with Crippen LogP contribution in [-0.2, 0) is 9.53 Å². The first-order chi connectivity index (χ1) is 14.8. The van der Waals surface area contributed by atoms with Crippen LogP contribution in [0.4, 0.5) is 4.39 Å². The molecule has 1 heterocycles. The Morgan fingerprint density at radius 3 is 2.68 bits per heavy atom. The molecule has 2 amide bonds. The van der Waals surface area contributed by atoms with Gasteiger partial charge in [-0.05, 0) is 12.1 Å². The Balaban J connectivity index is 1.94. The van der Waals surface area contributed by atoms with Crippen molar-refractivity contribution in [2.24, 2.45) is 0 Å². The lowest BCUT2D eigenvalue weighted by Gasteiger charge is -2.22. The molecule has 10 nitrogen and oxygen atoms in total. The van der Waals surface area contributed by atoms with Crippen molar-refractivity contribution < 1.29 is 33.5 Å². The summed E-state index contributed by atoms with van der Waals surface area (Å²) in [5.41, 5.74) is -0.00116. The van der Waals surface area contributed by atoms with Crippen molar-refractivity contribution >= 4 is 30.5 Å². The molecule has 4 N–H and O–H groups in total. The maximum absolute atomic E-state index is 13.4. The van der Waals surface area contributed by atoms with Crippen molar-refractivity contribution in [2.45, 2.75) is 18.4 Å². The number of rotatable bonds is 11. The van der Waals surface area contributed by atoms with Gasteiger partial charge in [0.05, 0.1) is 30.4 Å². The molecular formula is C18H21BClFN4O6. The number of halogens is 2. The fraction of sp³-hybridized carbons (Fsp3) is 0.333. The SMILES string of the molecule is COCC(NC(=O)c1cnccn1)C(=O)NC(CCOc1ccc(Cl)c(F)c1)B(O)O. The first-order valence-corrected chi connectivity index (χ1v) is 9.49. The third kappa shape index (κ3) is 7.76. The molecule has 0 aliphatic carbocycles. The van der Waals surface area contributed by atoms with Crippen LogP contribution in [0.25, 0.3) is 0 Å². The van der Waals surface area contributed by atoms with Crippen LogP contribution in [0.1, 0.15) is 16.9 Å². The number of carbonyl (C=O) groups excluding carboxylic acids is 2. The van der Waals surface area contributed by atoms with Crippen molar-refractivity contribution in [3.8, 4) is 5.75 Å². The highest BCUT2D eigenvalue weighted by molar-refractivity contribution is 6.43. The highest BCUT2D eigenvalue weighted by atomic mass is 35.5. The summed E-state index contributed by atoms with van der Waals surface area (Å²) >= 11 is 5.60. The zero-order valence-electron chi connectivity index (χ0n) is 16.5. The molecule has 0 aliphatic rings. The van der Waals surface area contributed by atoms with Crippen LogP contribution in [0.5, 0.6) is 5.75 Å². The van der Waals surface area contributed by atoms with Crippen LogP contribution in [0.15, 0.2) is 36.8 Å². The number of aromatic nitrogens is 2. The third-order valence-electron chi connectivity index (χ3n) is 4.03. The highest BCUT2D eigenvalue weighted by Crippen LogP contribution is 2.20. The Morgan fingerprint density at radius 1 is 1.29 bits per heavy atom. The average Bonchev–Trinajstić information content (AvgIpc) is 2.75. The minimum Gasteiger partial charge on any atom is -0.493 e. The van der Waals surface area contributed by atoms with Gasteiger partial charge >= 0.3 is 7.12 Å². The number of ether oxygens (including phenoxy) is 2. The van der Waals surface area contributed by atoms with Crippen molar-refractivity contribution in [2.75, 3.05) is 20.3 Å². The molecule has 0 bridgehead atoms. The van der Waals surface area contributed by atoms with E-state index in [1.165, 1.54) is 37.8 Å². The first-order valence-electron chi connectivity index (χ1n) is 9.12. The molecular weight excluding hydrogens is 433 g/mol. The lowest BCUT2D eigenvalue weighted by molar-refractivity contribution is -0.124. The maximum Gasteiger partial charge on any atom is 0.475 e. The van der Waals surface area contributed by atoms with Gasteiger partial charge in [0.25, 0.3) is 5.91 Å². The number of nitrogens with zero attached hydrogens (tertiary/aromatic N) is 2. The number of hydrogen-bond acceptors (Lipinski definition) is 8. The number of benzene rings is 1. The zero-order chi connectivity index (χ0) is 22.8. The quantitative estimate of drug-likeness (QED) is 0.347. The van der Waals surface area contributed by atoms with Gasteiger partial charge in [-0.2, -0.15) is 0 Å². The second-order valence-corrected chi connectivity index (χ2v) is 6.72. The Labute approximate surface area is 182 Å². The van der Waals surface area contributed by atoms with Gasteiger partial charge in [0.2, 0.25) is 5.91 Å². The number of carbonyl (C=O) groups is 2. The molecule has 2 aromatic rings. The van der Waals surface area contributed by atoms with Crippen LogP contribution in [0.3, 0.4) is 0 Å². The molecule has 0 radical (unpaired) electrons. The molecule has 13 heteroatoms. The van der Waals surface area contributed by atoms with E-state index in [4.69, 9.17) is 21.1 Å². The predicted octanol–water partition coefficient (Wildman–Crippen LogP) is -0.0202. The average molecular weight is 455 g/mol. The van der Waals surface area contributed by atoms with Gasteiger partial charge in [-0.1, -0.05) is 11.6 Å². The normalized spacial score (nSPS) is 12.5. The van der Waals surface area contributed by atoms with Crippen molar-refractivity contribution in [1.29, 1.82) is 0 Å². The fourth-order valence-electron chi connectivity index (χ4n) is 2.45. The van der Waals surface area contributed by atoms with E-state index in [9.17, 15) is 24.0 Å². The van der Waals surface area contributed by atoms with Crippen LogP contribution >= 0.6 is 11.6 Å². The lowest BCUT2D eigenvalue weighted by Crippen LogP contribution is -2.55. The number of methoxy groups -OCH3 is 1. The molecule has 0 saturated carbocycles. The van der Waals surface area contributed by atoms with Gasteiger partial charge in [0.15, 0.2) is 0 Å². The zero-order valence-corrected chi connectivity index (χ0v) is 17.3. The summed E-state index contributed by atoms with van der Waals surface area (Å²) in [5, 5.41) is 24.0. The molecule has 0 aliphatic heterocycles. The summed E-state index contributed by atoms with van der Waals surface area (Å²) in [5.74, 6) is -2.97. The van der Waals surface area contributed by atoms with Crippen LogP contribution < -0.4 is 15.4 Å². The maximum atomic E-state index is 13.4. The van der Waals surface area contributed by atoms with E-state index in [2.05, 4.69) is 20.6 Å². The molecule has 166 valence electrons. The molecule has 1 aromatic carbocycles. The number of nitrogens with one attached hydrogen (secondary N) is 2. The summed E-state index contributed by atoms with van der Waals surface area (Å²) in [6, 6.07) is 2.72. The Hall–Kier alpha value is -2.80. The van der Waals surface area contributed by atoms with Crippen LogP contribution in [0.2, 0.25) is 5.02 Å². The molecule has 31 heavy (non-hydrogen) atoms. The minimum atomic E-state index is -1.91. The summed E-state index contributed by atoms with van der Waals surface area (Å²) in [4.78, 5) is 32.4. The molecule has 2 rings (SSSR count). The Kier molecular flexibility index (Phi) is 9.60. The topological polar surface area (TPSA) is 143 Å². The van der Waals surface area contributed by atoms with Gasteiger partial charge < -0.3 is 30.2 Å². The van der Waals surface area contributed by atoms with E-state index in [0.717, 1.165) is 6.07 Å². The van der Waals surface area contributed by atoms with E-state index in [0.29, 0.717) is 0 Å². The van der Waals surface area contributed by atoms with E-state index >= 15 is 0 Å². The first kappa shape index (κ1) is 24.5. The fourth-order valence-corrected chi connectivity index (χ4v) is 2.57. The van der Waals surface area contributed by atoms with Crippen molar-refractivity contribution in [1.82, 2.24) is 20.6 Å². The predicted molar refractivity (Wildman–Crippen MR) is 109 cm³/mol. The second kappa shape index (κ2) is 12.2. The van der Waals surface area contributed by atoms with E-state index in [-0.39, 0.29) is 36.1 Å². The molecule has 0 spiro atoms. The number of amides is 2. The van der Waals surface area contributed by atoms with Crippen LogP contribution in [-0.4, -0.2) is 71.3 Å². The van der Waals surface area contributed by atoms with Crippen molar-refractivity contribution in [3.05, 3.63) is 53.3 Å². The van der Waals surface area contributed by atoms with E-state index < -0.39 is 36.7 Å². The molecule has 0 fully saturated rings. The van der Waals surface area contributed by atoms with Crippen LogP contribution in [0, 0.1) is 5.82 Å². The lowest BCUT2D eigenvalue weighted by atomic mass is 9.77. The van der Waals surface area contributed by atoms with Gasteiger partial charge in [-0.15, -0.1) is 0 Å². The van der Waals surface area contributed by atoms with Gasteiger partial charge in [-0.25, -0.2) is 9.37 Å². The van der Waals surface area contributed by atoms with Crippen molar-refractivity contribution in [3.63, 3.8) is 0 Å². The highest BCUT2D eigenvalue weighted by Gasteiger charge is 2.29. The Bertz CT molecular complexity index is 879. The molecule has 2 atom stereocenters. The summed E-state index contributed by atoms with van der Waals surface area (Å²) in [6.45, 7) is -0.239.